The molecule has 0 aromatic heterocycles. The Morgan fingerprint density at radius 1 is 1.42 bits per heavy atom. The molecule has 0 fully saturated rings. The molecule has 0 bridgehead atoms. The molecule has 0 radical (unpaired) electrons. The minimum atomic E-state index is -3.55. The first-order valence-corrected chi connectivity index (χ1v) is 7.19. The molecule has 1 aromatic rings. The monoisotopic (exact) mass is 291 g/mol. The van der Waals surface area contributed by atoms with Crippen LogP contribution in [0.1, 0.15) is 12.0 Å². The van der Waals surface area contributed by atoms with Gasteiger partial charge in [-0.15, -0.1) is 0 Å². The molecule has 1 aliphatic heterocycles. The minimum absolute atomic E-state index is 0.171. The number of rotatable bonds is 4. The van der Waals surface area contributed by atoms with E-state index in [1.54, 1.807) is 0 Å². The van der Waals surface area contributed by atoms with Gasteiger partial charge in [-0.1, -0.05) is 5.16 Å². The van der Waals surface area contributed by atoms with Gasteiger partial charge < -0.3 is 4.84 Å². The third kappa shape index (κ3) is 3.71. The Morgan fingerprint density at radius 3 is 2.79 bits per heavy atom. The van der Waals surface area contributed by atoms with Crippen LogP contribution in [0, 0.1) is 11.6 Å². The average Bonchev–Trinajstić information content (AvgIpc) is 2.78. The Bertz CT molecular complexity index is 615. The van der Waals surface area contributed by atoms with Gasteiger partial charge in [0.2, 0.25) is 0 Å². The molecule has 19 heavy (non-hydrogen) atoms. The van der Waals surface area contributed by atoms with Gasteiger partial charge in [0.15, 0.2) is 17.7 Å². The van der Waals surface area contributed by atoms with Crippen molar-refractivity contribution < 1.29 is 26.2 Å². The fourth-order valence-corrected chi connectivity index (χ4v) is 1.96. The van der Waals surface area contributed by atoms with E-state index in [0.717, 1.165) is 18.4 Å². The molecule has 5 nitrogen and oxygen atoms in total. The van der Waals surface area contributed by atoms with Gasteiger partial charge in [0.25, 0.3) is 10.1 Å². The fourth-order valence-electron chi connectivity index (χ4n) is 1.56. The van der Waals surface area contributed by atoms with Crippen molar-refractivity contribution in [2.75, 3.05) is 12.9 Å². The Balaban J connectivity index is 1.99. The van der Waals surface area contributed by atoms with Crippen molar-refractivity contribution in [1.29, 1.82) is 0 Å². The highest BCUT2D eigenvalue weighted by Crippen LogP contribution is 2.19. The lowest BCUT2D eigenvalue weighted by Crippen LogP contribution is -2.18. The Hall–Kier alpha value is -1.54. The maximum absolute atomic E-state index is 13.1. The van der Waals surface area contributed by atoms with Gasteiger partial charge in [0.05, 0.1) is 12.0 Å². The second kappa shape index (κ2) is 5.22. The molecule has 0 unspecified atom stereocenters. The molecule has 0 saturated carbocycles. The van der Waals surface area contributed by atoms with Crippen molar-refractivity contribution in [3.63, 3.8) is 0 Å². The molecular formula is C11H11F2NO4S. The van der Waals surface area contributed by atoms with E-state index in [0.29, 0.717) is 11.3 Å². The molecule has 2 rings (SSSR count). The minimum Gasteiger partial charge on any atom is -0.389 e. The van der Waals surface area contributed by atoms with Crippen molar-refractivity contribution in [1.82, 2.24) is 0 Å². The van der Waals surface area contributed by atoms with Crippen molar-refractivity contribution in [3.05, 3.63) is 35.4 Å². The van der Waals surface area contributed by atoms with E-state index in [1.165, 1.54) is 6.07 Å². The summed E-state index contributed by atoms with van der Waals surface area (Å²) in [5.41, 5.74) is 0.807. The number of oxime groups is 1. The summed E-state index contributed by atoms with van der Waals surface area (Å²) in [5.74, 6) is -1.92. The highest BCUT2D eigenvalue weighted by atomic mass is 32.2. The Morgan fingerprint density at radius 2 is 2.16 bits per heavy atom. The second-order valence-electron chi connectivity index (χ2n) is 4.09. The van der Waals surface area contributed by atoms with Crippen LogP contribution in [-0.2, 0) is 19.1 Å². The molecule has 0 spiro atoms. The zero-order valence-corrected chi connectivity index (χ0v) is 10.8. The first kappa shape index (κ1) is 13.9. The standard InChI is InChI=1S/C11H11F2NO4S/c1-19(15,16)17-6-8-5-11(14-18-8)7-2-3-9(12)10(13)4-7/h2-4,8H,5-6H2,1H3/t8-/m0/s1. The fraction of sp³-hybridized carbons (Fsp3) is 0.364. The molecule has 0 amide bonds. The SMILES string of the molecule is CS(=O)(=O)OC[C@@H]1CC(c2ccc(F)c(F)c2)=NO1. The van der Waals surface area contributed by atoms with Crippen LogP contribution in [0.2, 0.25) is 0 Å². The molecule has 0 aliphatic carbocycles. The summed E-state index contributed by atoms with van der Waals surface area (Å²) in [5, 5.41) is 3.71. The highest BCUT2D eigenvalue weighted by molar-refractivity contribution is 7.85. The van der Waals surface area contributed by atoms with E-state index in [2.05, 4.69) is 9.34 Å². The van der Waals surface area contributed by atoms with Crippen LogP contribution in [0.3, 0.4) is 0 Å². The zero-order chi connectivity index (χ0) is 14.0. The van der Waals surface area contributed by atoms with Crippen molar-refractivity contribution in [3.8, 4) is 0 Å². The van der Waals surface area contributed by atoms with Crippen LogP contribution in [0.5, 0.6) is 0 Å². The summed E-state index contributed by atoms with van der Waals surface area (Å²) in [4.78, 5) is 4.97. The lowest BCUT2D eigenvalue weighted by Gasteiger charge is -2.06. The first-order chi connectivity index (χ1) is 8.85. The van der Waals surface area contributed by atoms with Crippen molar-refractivity contribution in [2.24, 2.45) is 5.16 Å². The quantitative estimate of drug-likeness (QED) is 0.787. The molecule has 1 heterocycles. The lowest BCUT2D eigenvalue weighted by atomic mass is 10.1. The van der Waals surface area contributed by atoms with E-state index in [4.69, 9.17) is 4.84 Å². The van der Waals surface area contributed by atoms with Gasteiger partial charge in [-0.25, -0.2) is 8.78 Å². The maximum atomic E-state index is 13.1. The van der Waals surface area contributed by atoms with E-state index in [9.17, 15) is 17.2 Å². The van der Waals surface area contributed by atoms with E-state index < -0.39 is 27.9 Å². The largest absolute Gasteiger partial charge is 0.389 e. The summed E-state index contributed by atoms with van der Waals surface area (Å²) in [6.07, 6.45) is 0.637. The third-order valence-corrected chi connectivity index (χ3v) is 3.02. The Labute approximate surface area is 108 Å². The number of benzene rings is 1. The molecule has 8 heteroatoms. The van der Waals surface area contributed by atoms with Crippen LogP contribution in [0.15, 0.2) is 23.4 Å². The summed E-state index contributed by atoms with van der Waals surface area (Å²) in [6.45, 7) is -0.171. The van der Waals surface area contributed by atoms with Gasteiger partial charge in [-0.2, -0.15) is 8.42 Å². The molecule has 104 valence electrons. The van der Waals surface area contributed by atoms with Crippen LogP contribution in [0.4, 0.5) is 8.78 Å². The molecule has 0 saturated heterocycles. The number of nitrogens with zero attached hydrogens (tertiary/aromatic N) is 1. The number of hydrogen-bond donors (Lipinski definition) is 0. The van der Waals surface area contributed by atoms with E-state index in [-0.39, 0.29) is 13.0 Å². The molecule has 1 atom stereocenters. The van der Waals surface area contributed by atoms with Gasteiger partial charge >= 0.3 is 0 Å². The normalized spacial score (nSPS) is 19.1. The molecular weight excluding hydrogens is 280 g/mol. The van der Waals surface area contributed by atoms with Crippen molar-refractivity contribution >= 4 is 15.8 Å². The summed E-state index contributed by atoms with van der Waals surface area (Å²) < 4.78 is 52.1. The van der Waals surface area contributed by atoms with Crippen LogP contribution in [-0.4, -0.2) is 33.1 Å². The smallest absolute Gasteiger partial charge is 0.264 e. The highest BCUT2D eigenvalue weighted by Gasteiger charge is 2.24. The third-order valence-electron chi connectivity index (χ3n) is 2.45. The predicted octanol–water partition coefficient (Wildman–Crippen LogP) is 1.43. The van der Waals surface area contributed by atoms with Gasteiger partial charge in [0.1, 0.15) is 6.61 Å². The summed E-state index contributed by atoms with van der Waals surface area (Å²) >= 11 is 0. The second-order valence-corrected chi connectivity index (χ2v) is 5.73. The zero-order valence-electron chi connectivity index (χ0n) is 9.97. The molecule has 0 N–H and O–H groups in total. The summed E-state index contributed by atoms with van der Waals surface area (Å²) in [7, 11) is -3.55. The maximum Gasteiger partial charge on any atom is 0.264 e. The van der Waals surface area contributed by atoms with Crippen LogP contribution in [0.25, 0.3) is 0 Å². The van der Waals surface area contributed by atoms with Crippen LogP contribution >= 0.6 is 0 Å². The molecule has 1 aliphatic rings. The summed E-state index contributed by atoms with van der Waals surface area (Å²) in [6, 6.07) is 3.38. The van der Waals surface area contributed by atoms with E-state index >= 15 is 0 Å². The van der Waals surface area contributed by atoms with Crippen LogP contribution < -0.4 is 0 Å². The number of hydrogen-bond acceptors (Lipinski definition) is 5. The van der Waals surface area contributed by atoms with E-state index in [1.807, 2.05) is 0 Å². The Kier molecular flexibility index (Phi) is 3.81. The lowest BCUT2D eigenvalue weighted by molar-refractivity contribution is 0.0493. The predicted molar refractivity (Wildman–Crippen MR) is 63.2 cm³/mol. The van der Waals surface area contributed by atoms with Gasteiger partial charge in [-0.3, -0.25) is 4.18 Å². The molecule has 1 aromatic carbocycles. The van der Waals surface area contributed by atoms with Crippen molar-refractivity contribution in [2.45, 2.75) is 12.5 Å². The van der Waals surface area contributed by atoms with Gasteiger partial charge in [-0.05, 0) is 18.2 Å². The first-order valence-electron chi connectivity index (χ1n) is 5.37. The van der Waals surface area contributed by atoms with Gasteiger partial charge in [0, 0.05) is 12.0 Å². The number of halogens is 2. The average molecular weight is 291 g/mol. The topological polar surface area (TPSA) is 65.0 Å².